The summed E-state index contributed by atoms with van der Waals surface area (Å²) in [5, 5.41) is 7.73. The van der Waals surface area contributed by atoms with Crippen LogP contribution < -0.4 is 10.1 Å². The van der Waals surface area contributed by atoms with E-state index in [1.807, 2.05) is 24.0 Å². The van der Waals surface area contributed by atoms with Crippen molar-refractivity contribution < 1.29 is 4.74 Å². The van der Waals surface area contributed by atoms with Crippen LogP contribution >= 0.6 is 11.6 Å². The third kappa shape index (κ3) is 3.68. The number of nitrogens with one attached hydrogen (secondary N) is 1. The lowest BCUT2D eigenvalue weighted by Crippen LogP contribution is -2.05. The molecule has 2 rings (SSSR count). The van der Waals surface area contributed by atoms with E-state index in [4.69, 9.17) is 16.3 Å². The number of hydrogen-bond donors (Lipinski definition) is 1. The zero-order valence-electron chi connectivity index (χ0n) is 11.1. The molecule has 0 saturated heterocycles. The highest BCUT2D eigenvalue weighted by Gasteiger charge is 2.07. The highest BCUT2D eigenvalue weighted by molar-refractivity contribution is 6.31. The third-order valence-corrected chi connectivity index (χ3v) is 2.79. The zero-order valence-corrected chi connectivity index (χ0v) is 11.8. The molecule has 102 valence electrons. The summed E-state index contributed by atoms with van der Waals surface area (Å²) in [5.74, 6) is 1.04. The Morgan fingerprint density at radius 2 is 2.26 bits per heavy atom. The molecular weight excluding hydrogens is 264 g/mol. The SMILES string of the molecule is CCCn1cc(Oc2ncc(CNC)cc2Cl)cn1. The molecule has 0 atom stereocenters. The maximum atomic E-state index is 6.14. The largest absolute Gasteiger partial charge is 0.434 e. The maximum Gasteiger partial charge on any atom is 0.238 e. The van der Waals surface area contributed by atoms with Gasteiger partial charge in [-0.05, 0) is 25.1 Å². The van der Waals surface area contributed by atoms with E-state index in [-0.39, 0.29) is 0 Å². The van der Waals surface area contributed by atoms with Crippen molar-refractivity contribution in [2.45, 2.75) is 26.4 Å². The molecule has 5 nitrogen and oxygen atoms in total. The van der Waals surface area contributed by atoms with E-state index in [1.54, 1.807) is 12.4 Å². The molecule has 0 fully saturated rings. The first kappa shape index (κ1) is 13.8. The topological polar surface area (TPSA) is 52.0 Å². The van der Waals surface area contributed by atoms with Crippen molar-refractivity contribution >= 4 is 11.6 Å². The fourth-order valence-corrected chi connectivity index (χ4v) is 1.93. The van der Waals surface area contributed by atoms with Crippen LogP contribution in [0.4, 0.5) is 0 Å². The molecule has 2 heterocycles. The first-order valence-electron chi connectivity index (χ1n) is 6.22. The summed E-state index contributed by atoms with van der Waals surface area (Å²) in [6, 6.07) is 1.84. The predicted octanol–water partition coefficient (Wildman–Crippen LogP) is 2.85. The molecule has 0 aliphatic heterocycles. The second kappa shape index (κ2) is 6.54. The maximum absolute atomic E-state index is 6.14. The Balaban J connectivity index is 2.09. The van der Waals surface area contributed by atoms with Gasteiger partial charge in [-0.25, -0.2) is 4.98 Å². The average Bonchev–Trinajstić information content (AvgIpc) is 2.81. The van der Waals surface area contributed by atoms with Crippen molar-refractivity contribution in [1.82, 2.24) is 20.1 Å². The number of aromatic nitrogens is 3. The third-order valence-electron chi connectivity index (χ3n) is 2.52. The van der Waals surface area contributed by atoms with Gasteiger partial charge in [0.05, 0.1) is 12.4 Å². The number of nitrogens with zero attached hydrogens (tertiary/aromatic N) is 3. The van der Waals surface area contributed by atoms with Gasteiger partial charge in [0.1, 0.15) is 5.02 Å². The van der Waals surface area contributed by atoms with E-state index < -0.39 is 0 Å². The molecule has 0 saturated carbocycles. The number of hydrogen-bond acceptors (Lipinski definition) is 4. The highest BCUT2D eigenvalue weighted by Crippen LogP contribution is 2.27. The average molecular weight is 281 g/mol. The summed E-state index contributed by atoms with van der Waals surface area (Å²) in [6.07, 6.45) is 6.27. The first-order valence-corrected chi connectivity index (χ1v) is 6.60. The molecule has 6 heteroatoms. The quantitative estimate of drug-likeness (QED) is 0.884. The molecule has 2 aromatic heterocycles. The lowest BCUT2D eigenvalue weighted by molar-refractivity contribution is 0.461. The number of rotatable bonds is 6. The van der Waals surface area contributed by atoms with Crippen LogP contribution in [0, 0.1) is 0 Å². The summed E-state index contributed by atoms with van der Waals surface area (Å²) < 4.78 is 7.45. The lowest BCUT2D eigenvalue weighted by atomic mass is 10.3. The summed E-state index contributed by atoms with van der Waals surface area (Å²) >= 11 is 6.14. The highest BCUT2D eigenvalue weighted by atomic mass is 35.5. The Morgan fingerprint density at radius 3 is 2.95 bits per heavy atom. The second-order valence-corrected chi connectivity index (χ2v) is 4.61. The van der Waals surface area contributed by atoms with Crippen molar-refractivity contribution in [2.24, 2.45) is 0 Å². The first-order chi connectivity index (χ1) is 9.22. The molecule has 0 radical (unpaired) electrons. The number of aryl methyl sites for hydroxylation is 1. The molecule has 0 unspecified atom stereocenters. The number of pyridine rings is 1. The van der Waals surface area contributed by atoms with Crippen LogP contribution in [0.3, 0.4) is 0 Å². The van der Waals surface area contributed by atoms with Crippen LogP contribution in [-0.4, -0.2) is 21.8 Å². The van der Waals surface area contributed by atoms with Gasteiger partial charge in [-0.15, -0.1) is 0 Å². The van der Waals surface area contributed by atoms with Gasteiger partial charge in [0.15, 0.2) is 5.75 Å². The Kier molecular flexibility index (Phi) is 4.76. The molecule has 0 bridgehead atoms. The summed E-state index contributed by atoms with van der Waals surface area (Å²) in [7, 11) is 1.88. The molecule has 0 aliphatic carbocycles. The van der Waals surface area contributed by atoms with Crippen molar-refractivity contribution in [3.05, 3.63) is 35.2 Å². The van der Waals surface area contributed by atoms with E-state index in [0.717, 1.165) is 25.1 Å². The number of halogens is 1. The van der Waals surface area contributed by atoms with Crippen molar-refractivity contribution in [1.29, 1.82) is 0 Å². The minimum atomic E-state index is 0.401. The van der Waals surface area contributed by atoms with Gasteiger partial charge >= 0.3 is 0 Å². The van der Waals surface area contributed by atoms with Gasteiger partial charge in [0.2, 0.25) is 5.88 Å². The van der Waals surface area contributed by atoms with Crippen LogP contribution in [0.5, 0.6) is 11.6 Å². The van der Waals surface area contributed by atoms with Crippen LogP contribution in [-0.2, 0) is 13.1 Å². The van der Waals surface area contributed by atoms with E-state index in [1.165, 1.54) is 0 Å². The smallest absolute Gasteiger partial charge is 0.238 e. The van der Waals surface area contributed by atoms with Gasteiger partial charge in [0, 0.05) is 19.3 Å². The van der Waals surface area contributed by atoms with E-state index >= 15 is 0 Å². The van der Waals surface area contributed by atoms with Crippen molar-refractivity contribution in [2.75, 3.05) is 7.05 Å². The summed E-state index contributed by atoms with van der Waals surface area (Å²) in [5.41, 5.74) is 1.02. The minimum Gasteiger partial charge on any atom is -0.434 e. The molecule has 19 heavy (non-hydrogen) atoms. The van der Waals surface area contributed by atoms with Gasteiger partial charge < -0.3 is 10.1 Å². The fourth-order valence-electron chi connectivity index (χ4n) is 1.70. The predicted molar refractivity (Wildman–Crippen MR) is 74.6 cm³/mol. The van der Waals surface area contributed by atoms with Crippen molar-refractivity contribution in [3.63, 3.8) is 0 Å². The Labute approximate surface area is 117 Å². The summed E-state index contributed by atoms with van der Waals surface area (Å²) in [6.45, 7) is 3.69. The van der Waals surface area contributed by atoms with E-state index in [9.17, 15) is 0 Å². The molecule has 0 spiro atoms. The molecule has 0 aliphatic rings. The number of ether oxygens (including phenoxy) is 1. The van der Waals surface area contributed by atoms with Crippen LogP contribution in [0.25, 0.3) is 0 Å². The molecule has 2 aromatic rings. The normalized spacial score (nSPS) is 10.7. The fraction of sp³-hybridized carbons (Fsp3) is 0.385. The minimum absolute atomic E-state index is 0.401. The lowest BCUT2D eigenvalue weighted by Gasteiger charge is -2.06. The molecule has 0 amide bonds. The Morgan fingerprint density at radius 1 is 1.42 bits per heavy atom. The van der Waals surface area contributed by atoms with Gasteiger partial charge in [-0.1, -0.05) is 18.5 Å². The molecule has 0 aromatic carbocycles. The van der Waals surface area contributed by atoms with Crippen molar-refractivity contribution in [3.8, 4) is 11.6 Å². The van der Waals surface area contributed by atoms with E-state index in [0.29, 0.717) is 16.7 Å². The molecule has 1 N–H and O–H groups in total. The van der Waals surface area contributed by atoms with Gasteiger partial charge in [-0.3, -0.25) is 4.68 Å². The van der Waals surface area contributed by atoms with Gasteiger partial charge in [-0.2, -0.15) is 5.10 Å². The van der Waals surface area contributed by atoms with E-state index in [2.05, 4.69) is 22.3 Å². The van der Waals surface area contributed by atoms with Crippen LogP contribution in [0.15, 0.2) is 24.7 Å². The molecular formula is C13H17ClN4O. The monoisotopic (exact) mass is 280 g/mol. The standard InChI is InChI=1S/C13H17ClN4O/c1-3-4-18-9-11(8-17-18)19-13-12(14)5-10(6-15-2)7-16-13/h5,7-9,15H,3-4,6H2,1-2H3. The van der Waals surface area contributed by atoms with Crippen LogP contribution in [0.1, 0.15) is 18.9 Å². The zero-order chi connectivity index (χ0) is 13.7. The van der Waals surface area contributed by atoms with Gasteiger partial charge in [0.25, 0.3) is 0 Å². The second-order valence-electron chi connectivity index (χ2n) is 4.20. The Bertz CT molecular complexity index is 541. The summed E-state index contributed by atoms with van der Waals surface area (Å²) in [4.78, 5) is 4.22. The Hall–Kier alpha value is -1.59. The van der Waals surface area contributed by atoms with Crippen LogP contribution in [0.2, 0.25) is 5.02 Å².